The highest BCUT2D eigenvalue weighted by molar-refractivity contribution is 5.03. The van der Waals surface area contributed by atoms with E-state index in [-0.39, 0.29) is 5.54 Å². The summed E-state index contributed by atoms with van der Waals surface area (Å²) < 4.78 is 0. The molecule has 0 saturated carbocycles. The highest BCUT2D eigenvalue weighted by atomic mass is 15.1. The number of nitrogens with one attached hydrogen (secondary N) is 1. The van der Waals surface area contributed by atoms with Crippen LogP contribution >= 0.6 is 0 Å². The lowest BCUT2D eigenvalue weighted by atomic mass is 9.80. The van der Waals surface area contributed by atoms with Gasteiger partial charge in [0.2, 0.25) is 0 Å². The van der Waals surface area contributed by atoms with Gasteiger partial charge in [0.05, 0.1) is 6.07 Å². The Hall–Kier alpha value is -0.590. The van der Waals surface area contributed by atoms with E-state index in [1.54, 1.807) is 0 Å². The molecule has 1 N–H and O–H groups in total. The van der Waals surface area contributed by atoms with Crippen molar-refractivity contribution in [2.45, 2.75) is 59.4 Å². The molecule has 1 aliphatic rings. The quantitative estimate of drug-likeness (QED) is 0.802. The first-order valence-electron chi connectivity index (χ1n) is 7.69. The number of nitrogens with zero attached hydrogens (tertiary/aromatic N) is 2. The number of nitriles is 1. The van der Waals surface area contributed by atoms with Crippen LogP contribution in [-0.2, 0) is 0 Å². The molecule has 1 rings (SSSR count). The summed E-state index contributed by atoms with van der Waals surface area (Å²) in [5.41, 5.74) is 0.0809. The fourth-order valence-electron chi connectivity index (χ4n) is 2.97. The Morgan fingerprint density at radius 1 is 1.32 bits per heavy atom. The molecule has 19 heavy (non-hydrogen) atoms. The SMILES string of the molecule is CCNC(C)(C#N)CCCN1CCC(C(C)(C)C)C1. The van der Waals surface area contributed by atoms with E-state index in [4.69, 9.17) is 0 Å². The van der Waals surface area contributed by atoms with Crippen LogP contribution in [0.3, 0.4) is 0 Å². The van der Waals surface area contributed by atoms with Gasteiger partial charge in [0, 0.05) is 6.54 Å². The van der Waals surface area contributed by atoms with Crippen molar-refractivity contribution in [3.8, 4) is 6.07 Å². The lowest BCUT2D eigenvalue weighted by Gasteiger charge is -2.27. The molecule has 1 heterocycles. The smallest absolute Gasteiger partial charge is 0.103 e. The zero-order valence-electron chi connectivity index (χ0n) is 13.4. The summed E-state index contributed by atoms with van der Waals surface area (Å²) in [6, 6.07) is 2.41. The van der Waals surface area contributed by atoms with Crippen molar-refractivity contribution in [2.75, 3.05) is 26.2 Å². The van der Waals surface area contributed by atoms with E-state index in [1.165, 1.54) is 19.5 Å². The van der Waals surface area contributed by atoms with Crippen molar-refractivity contribution in [1.82, 2.24) is 10.2 Å². The van der Waals surface area contributed by atoms with Crippen LogP contribution in [0.1, 0.15) is 53.9 Å². The maximum atomic E-state index is 9.23. The number of likely N-dealkylation sites (tertiary alicyclic amines) is 1. The van der Waals surface area contributed by atoms with E-state index in [0.717, 1.165) is 31.8 Å². The Kier molecular flexibility index (Phi) is 5.82. The van der Waals surface area contributed by atoms with Crippen LogP contribution < -0.4 is 5.32 Å². The minimum Gasteiger partial charge on any atom is -0.303 e. The van der Waals surface area contributed by atoms with Crippen molar-refractivity contribution in [1.29, 1.82) is 5.26 Å². The summed E-state index contributed by atoms with van der Waals surface area (Å²) in [6.45, 7) is 15.6. The largest absolute Gasteiger partial charge is 0.303 e. The highest BCUT2D eigenvalue weighted by Crippen LogP contribution is 2.33. The molecule has 3 nitrogen and oxygen atoms in total. The fraction of sp³-hybridized carbons (Fsp3) is 0.938. The van der Waals surface area contributed by atoms with Gasteiger partial charge < -0.3 is 4.90 Å². The maximum Gasteiger partial charge on any atom is 0.103 e. The lowest BCUT2D eigenvalue weighted by Crippen LogP contribution is -2.41. The topological polar surface area (TPSA) is 39.1 Å². The second-order valence-corrected chi connectivity index (χ2v) is 7.23. The summed E-state index contributed by atoms with van der Waals surface area (Å²) in [5, 5.41) is 12.5. The van der Waals surface area contributed by atoms with Crippen molar-refractivity contribution >= 4 is 0 Å². The number of hydrogen-bond donors (Lipinski definition) is 1. The molecule has 0 aromatic carbocycles. The summed E-state index contributed by atoms with van der Waals surface area (Å²) in [5.74, 6) is 0.823. The van der Waals surface area contributed by atoms with Gasteiger partial charge in [0.15, 0.2) is 0 Å². The number of hydrogen-bond acceptors (Lipinski definition) is 3. The van der Waals surface area contributed by atoms with Crippen molar-refractivity contribution < 1.29 is 0 Å². The van der Waals surface area contributed by atoms with Crippen LogP contribution in [0, 0.1) is 22.7 Å². The summed E-state index contributed by atoms with van der Waals surface area (Å²) in [6.07, 6.45) is 3.37. The molecule has 1 aliphatic heterocycles. The van der Waals surface area contributed by atoms with Gasteiger partial charge in [-0.15, -0.1) is 0 Å². The van der Waals surface area contributed by atoms with E-state index >= 15 is 0 Å². The molecule has 0 radical (unpaired) electrons. The second-order valence-electron chi connectivity index (χ2n) is 7.23. The predicted molar refractivity (Wildman–Crippen MR) is 80.9 cm³/mol. The summed E-state index contributed by atoms with van der Waals surface area (Å²) >= 11 is 0. The standard InChI is InChI=1S/C16H31N3/c1-6-18-16(5,13-17)9-7-10-19-11-8-14(12-19)15(2,3)4/h14,18H,6-12H2,1-5H3. The van der Waals surface area contributed by atoms with Crippen molar-refractivity contribution in [2.24, 2.45) is 11.3 Å². The van der Waals surface area contributed by atoms with Crippen LogP contribution in [0.25, 0.3) is 0 Å². The van der Waals surface area contributed by atoms with Crippen LogP contribution in [0.5, 0.6) is 0 Å². The number of rotatable bonds is 6. The first-order valence-corrected chi connectivity index (χ1v) is 7.69. The molecule has 0 amide bonds. The van der Waals surface area contributed by atoms with Gasteiger partial charge in [0.1, 0.15) is 5.54 Å². The molecule has 2 atom stereocenters. The van der Waals surface area contributed by atoms with Crippen LogP contribution in [0.15, 0.2) is 0 Å². The van der Waals surface area contributed by atoms with Gasteiger partial charge in [-0.2, -0.15) is 5.26 Å². The molecular formula is C16H31N3. The molecule has 110 valence electrons. The molecule has 0 aliphatic carbocycles. The van der Waals surface area contributed by atoms with Gasteiger partial charge in [-0.25, -0.2) is 0 Å². The zero-order chi connectivity index (χ0) is 14.5. The molecule has 1 saturated heterocycles. The van der Waals surface area contributed by atoms with Gasteiger partial charge >= 0.3 is 0 Å². The van der Waals surface area contributed by atoms with E-state index in [1.807, 2.05) is 6.92 Å². The van der Waals surface area contributed by atoms with E-state index in [0.29, 0.717) is 5.41 Å². The molecule has 0 aromatic heterocycles. The average Bonchev–Trinajstić information content (AvgIpc) is 2.78. The van der Waals surface area contributed by atoms with Crippen LogP contribution in [0.4, 0.5) is 0 Å². The van der Waals surface area contributed by atoms with Crippen molar-refractivity contribution in [3.05, 3.63) is 0 Å². The van der Waals surface area contributed by atoms with E-state index in [2.05, 4.69) is 44.0 Å². The molecular weight excluding hydrogens is 234 g/mol. The highest BCUT2D eigenvalue weighted by Gasteiger charge is 2.31. The molecule has 0 spiro atoms. The van der Waals surface area contributed by atoms with E-state index < -0.39 is 0 Å². The molecule has 0 aromatic rings. The molecule has 3 heteroatoms. The van der Waals surface area contributed by atoms with Gasteiger partial charge in [-0.05, 0) is 57.2 Å². The van der Waals surface area contributed by atoms with Gasteiger partial charge in [-0.1, -0.05) is 27.7 Å². The minimum atomic E-state index is -0.349. The molecule has 0 bridgehead atoms. The summed E-state index contributed by atoms with van der Waals surface area (Å²) in [4.78, 5) is 2.57. The maximum absolute atomic E-state index is 9.23. The van der Waals surface area contributed by atoms with Gasteiger partial charge in [0.25, 0.3) is 0 Å². The minimum absolute atomic E-state index is 0.349. The van der Waals surface area contributed by atoms with Crippen molar-refractivity contribution in [3.63, 3.8) is 0 Å². The predicted octanol–water partition coefficient (Wildman–Crippen LogP) is 3.03. The lowest BCUT2D eigenvalue weighted by molar-refractivity contribution is 0.225. The average molecular weight is 265 g/mol. The Bertz CT molecular complexity index is 313. The normalized spacial score (nSPS) is 24.1. The van der Waals surface area contributed by atoms with Gasteiger partial charge in [-0.3, -0.25) is 5.32 Å². The monoisotopic (exact) mass is 265 g/mol. The third-order valence-electron chi connectivity index (χ3n) is 4.46. The van der Waals surface area contributed by atoms with Crippen LogP contribution in [-0.4, -0.2) is 36.6 Å². The summed E-state index contributed by atoms with van der Waals surface area (Å²) in [7, 11) is 0. The Morgan fingerprint density at radius 3 is 2.47 bits per heavy atom. The Labute approximate surface area is 119 Å². The molecule has 1 fully saturated rings. The Morgan fingerprint density at radius 2 is 2.00 bits per heavy atom. The zero-order valence-corrected chi connectivity index (χ0v) is 13.4. The third-order valence-corrected chi connectivity index (χ3v) is 4.46. The third kappa shape index (κ3) is 5.12. The fourth-order valence-corrected chi connectivity index (χ4v) is 2.97. The van der Waals surface area contributed by atoms with Crippen LogP contribution in [0.2, 0.25) is 0 Å². The Balaban J connectivity index is 2.30. The van der Waals surface area contributed by atoms with E-state index in [9.17, 15) is 5.26 Å². The first-order chi connectivity index (χ1) is 8.80. The second kappa shape index (κ2) is 6.72. The molecule has 2 unspecified atom stereocenters. The first kappa shape index (κ1) is 16.5.